The van der Waals surface area contributed by atoms with Gasteiger partial charge in [-0.15, -0.1) is 0 Å². The number of aliphatic hydroxyl groups is 2. The van der Waals surface area contributed by atoms with Crippen LogP contribution in [0.4, 0.5) is 5.82 Å². The Morgan fingerprint density at radius 1 is 1.27 bits per heavy atom. The van der Waals surface area contributed by atoms with Gasteiger partial charge in [-0.3, -0.25) is 9.32 Å². The summed E-state index contributed by atoms with van der Waals surface area (Å²) in [4.78, 5) is 16.2. The Balaban J connectivity index is 1.58. The number of hydrogen-bond acceptors (Lipinski definition) is 12. The fourth-order valence-electron chi connectivity index (χ4n) is 4.42. The highest BCUT2D eigenvalue weighted by Gasteiger charge is 2.58. The second kappa shape index (κ2) is 12.1. The molecule has 1 fully saturated rings. The van der Waals surface area contributed by atoms with Crippen LogP contribution in [0.3, 0.4) is 0 Å². The Bertz CT molecular complexity index is 1470. The first kappa shape index (κ1) is 30.4. The summed E-state index contributed by atoms with van der Waals surface area (Å²) in [6.45, 7) is 6.62. The van der Waals surface area contributed by atoms with Crippen LogP contribution in [0.1, 0.15) is 44.9 Å². The molecule has 0 bridgehead atoms. The number of rotatable bonds is 11. The Morgan fingerprint density at radius 3 is 2.61 bits per heavy atom. The van der Waals surface area contributed by atoms with E-state index in [1.807, 2.05) is 19.9 Å². The van der Waals surface area contributed by atoms with Gasteiger partial charge in [0.25, 0.3) is 0 Å². The highest BCUT2D eigenvalue weighted by Crippen LogP contribution is 2.47. The predicted molar refractivity (Wildman–Crippen MR) is 146 cm³/mol. The lowest BCUT2D eigenvalue weighted by Gasteiger charge is -2.25. The summed E-state index contributed by atoms with van der Waals surface area (Å²) >= 11 is 0. The third-order valence-electron chi connectivity index (χ3n) is 6.66. The summed E-state index contributed by atoms with van der Waals surface area (Å²) in [5.41, 5.74) is 5.29. The lowest BCUT2D eigenvalue weighted by molar-refractivity contribution is -0.144. The first-order chi connectivity index (χ1) is 19.4. The topological polar surface area (TPSA) is 204 Å². The molecular weight excluding hydrogens is 555 g/mol. The Labute approximate surface area is 236 Å². The Hall–Kier alpha value is -3.57. The standard InChI is InChI=1S/C26H33N6O8P/c1-5-37-25(35)16(4)31-41(36,40-18-8-6-17(7-9-18)15(2)3)38-12-20-22(33)23(34)26(13-27,39-20)21-11-10-19-24(28)29-14-30-32(19)21/h6-11,14-16,20,22-23,33-34H,5,12H2,1-4H3,(H,31,36)(H2,28,29,30)/t16-,20+,22+,23+,26?,41?/m0/s1. The van der Waals surface area contributed by atoms with Crippen LogP contribution in [0, 0.1) is 11.3 Å². The van der Waals surface area contributed by atoms with E-state index in [4.69, 9.17) is 24.3 Å². The summed E-state index contributed by atoms with van der Waals surface area (Å²) in [5, 5.41) is 38.6. The Kier molecular flexibility index (Phi) is 8.98. The van der Waals surface area contributed by atoms with Crippen molar-refractivity contribution >= 4 is 25.1 Å². The van der Waals surface area contributed by atoms with Crippen LogP contribution >= 0.6 is 7.75 Å². The second-order valence-electron chi connectivity index (χ2n) is 9.81. The van der Waals surface area contributed by atoms with E-state index in [1.165, 1.54) is 23.8 Å². The third kappa shape index (κ3) is 6.06. The minimum absolute atomic E-state index is 0.0943. The molecule has 220 valence electrons. The number of nitrogens with two attached hydrogens (primary N) is 1. The minimum atomic E-state index is -4.32. The number of ether oxygens (including phenoxy) is 2. The van der Waals surface area contributed by atoms with Crippen molar-refractivity contribution in [2.24, 2.45) is 0 Å². The first-order valence-electron chi connectivity index (χ1n) is 13.0. The Morgan fingerprint density at radius 2 is 1.98 bits per heavy atom. The number of anilines is 1. The molecule has 0 saturated carbocycles. The van der Waals surface area contributed by atoms with Crippen LogP contribution in [0.15, 0.2) is 42.7 Å². The molecule has 4 rings (SSSR count). The number of carbonyl (C=O) groups is 1. The zero-order valence-electron chi connectivity index (χ0n) is 23.0. The van der Waals surface area contributed by atoms with Crippen LogP contribution < -0.4 is 15.3 Å². The van der Waals surface area contributed by atoms with Gasteiger partial charge in [0.15, 0.2) is 5.82 Å². The second-order valence-corrected chi connectivity index (χ2v) is 11.5. The third-order valence-corrected chi connectivity index (χ3v) is 8.30. The van der Waals surface area contributed by atoms with Crippen molar-refractivity contribution in [1.82, 2.24) is 19.7 Å². The van der Waals surface area contributed by atoms with Crippen molar-refractivity contribution in [3.05, 3.63) is 54.0 Å². The monoisotopic (exact) mass is 588 g/mol. The number of aromatic nitrogens is 3. The molecule has 1 aromatic carbocycles. The number of nitrogens with zero attached hydrogens (tertiary/aromatic N) is 4. The fourth-order valence-corrected chi connectivity index (χ4v) is 5.92. The van der Waals surface area contributed by atoms with Gasteiger partial charge in [0, 0.05) is 0 Å². The van der Waals surface area contributed by atoms with E-state index in [0.29, 0.717) is 5.52 Å². The van der Waals surface area contributed by atoms with Gasteiger partial charge < -0.3 is 29.9 Å². The fraction of sp³-hybridized carbons (Fsp3) is 0.462. The van der Waals surface area contributed by atoms with Crippen LogP contribution in [-0.4, -0.2) is 68.3 Å². The van der Waals surface area contributed by atoms with Gasteiger partial charge >= 0.3 is 13.7 Å². The van der Waals surface area contributed by atoms with Crippen LogP contribution in [-0.2, 0) is 29.0 Å². The predicted octanol–water partition coefficient (Wildman–Crippen LogP) is 2.02. The van der Waals surface area contributed by atoms with Crippen molar-refractivity contribution in [3.63, 3.8) is 0 Å². The average molecular weight is 589 g/mol. The molecule has 1 aliphatic rings. The molecule has 0 amide bonds. The van der Waals surface area contributed by atoms with Gasteiger partial charge in [-0.2, -0.15) is 15.4 Å². The maximum absolute atomic E-state index is 13.9. The summed E-state index contributed by atoms with van der Waals surface area (Å²) < 4.78 is 37.4. The molecular formula is C26H33N6O8P. The SMILES string of the molecule is CCOC(=O)[C@H](C)NP(=O)(OC[C@H]1OC(C#N)(c2ccc3c(N)ncnn23)[C@H](O)[C@@H]1O)Oc1ccc(C(C)C)cc1. The number of aliphatic hydroxyl groups excluding tert-OH is 2. The smallest absolute Gasteiger partial charge is 0.459 e. The highest BCUT2D eigenvalue weighted by molar-refractivity contribution is 7.52. The van der Waals surface area contributed by atoms with E-state index in [0.717, 1.165) is 5.56 Å². The number of carbonyl (C=O) groups excluding carboxylic acids is 1. The van der Waals surface area contributed by atoms with Crippen molar-refractivity contribution in [2.45, 2.75) is 63.6 Å². The average Bonchev–Trinajstić information content (AvgIpc) is 3.48. The zero-order valence-corrected chi connectivity index (χ0v) is 23.9. The molecule has 2 aromatic heterocycles. The maximum atomic E-state index is 13.9. The summed E-state index contributed by atoms with van der Waals surface area (Å²) in [6.07, 6.45) is -3.55. The molecule has 2 unspecified atom stereocenters. The molecule has 1 saturated heterocycles. The molecule has 6 atom stereocenters. The molecule has 14 nitrogen and oxygen atoms in total. The molecule has 0 aliphatic carbocycles. The number of nitrogen functional groups attached to an aromatic ring is 1. The number of nitrogens with one attached hydrogen (secondary N) is 1. The van der Waals surface area contributed by atoms with Crippen molar-refractivity contribution in [2.75, 3.05) is 18.9 Å². The molecule has 5 N–H and O–H groups in total. The van der Waals surface area contributed by atoms with Crippen LogP contribution in [0.25, 0.3) is 5.52 Å². The van der Waals surface area contributed by atoms with E-state index in [9.17, 15) is 24.8 Å². The van der Waals surface area contributed by atoms with Gasteiger partial charge in [-0.05, 0) is 49.6 Å². The normalized spacial score (nSPS) is 24.6. The maximum Gasteiger partial charge on any atom is 0.459 e. The van der Waals surface area contributed by atoms with Gasteiger partial charge in [-0.25, -0.2) is 14.1 Å². The number of esters is 1. The van der Waals surface area contributed by atoms with Gasteiger partial charge in [0.05, 0.1) is 18.9 Å². The van der Waals surface area contributed by atoms with Gasteiger partial charge in [-0.1, -0.05) is 26.0 Å². The van der Waals surface area contributed by atoms with E-state index in [-0.39, 0.29) is 29.8 Å². The molecule has 1 aliphatic heterocycles. The number of nitriles is 1. The van der Waals surface area contributed by atoms with E-state index in [1.54, 1.807) is 37.3 Å². The lowest BCUT2D eigenvalue weighted by Crippen LogP contribution is -2.41. The summed E-state index contributed by atoms with van der Waals surface area (Å²) in [6, 6.07) is 10.7. The van der Waals surface area contributed by atoms with Crippen LogP contribution in [0.2, 0.25) is 0 Å². The number of benzene rings is 1. The van der Waals surface area contributed by atoms with Gasteiger partial charge in [0.1, 0.15) is 48.0 Å². The van der Waals surface area contributed by atoms with Crippen LogP contribution in [0.5, 0.6) is 5.75 Å². The largest absolute Gasteiger partial charge is 0.465 e. The minimum Gasteiger partial charge on any atom is -0.465 e. The van der Waals surface area contributed by atoms with E-state index >= 15 is 0 Å². The van der Waals surface area contributed by atoms with Crippen molar-refractivity contribution in [3.8, 4) is 11.8 Å². The number of hydrogen-bond donors (Lipinski definition) is 4. The van der Waals surface area contributed by atoms with E-state index in [2.05, 4.69) is 15.2 Å². The zero-order chi connectivity index (χ0) is 29.9. The molecule has 3 aromatic rings. The molecule has 0 radical (unpaired) electrons. The molecule has 41 heavy (non-hydrogen) atoms. The van der Waals surface area contributed by atoms with Gasteiger partial charge in [0.2, 0.25) is 5.60 Å². The highest BCUT2D eigenvalue weighted by atomic mass is 31.2. The quantitative estimate of drug-likeness (QED) is 0.187. The number of fused-ring (bicyclic) bond motifs is 1. The van der Waals surface area contributed by atoms with Crippen molar-refractivity contribution in [1.29, 1.82) is 5.26 Å². The first-order valence-corrected chi connectivity index (χ1v) is 14.5. The lowest BCUT2D eigenvalue weighted by atomic mass is 9.92. The molecule has 0 spiro atoms. The molecule has 15 heteroatoms. The molecule has 3 heterocycles. The van der Waals surface area contributed by atoms with Crippen molar-refractivity contribution < 1.29 is 38.1 Å². The summed E-state index contributed by atoms with van der Waals surface area (Å²) in [5.74, 6) is -0.110. The summed E-state index contributed by atoms with van der Waals surface area (Å²) in [7, 11) is -4.32. The van der Waals surface area contributed by atoms with E-state index < -0.39 is 50.3 Å².